The lowest BCUT2D eigenvalue weighted by molar-refractivity contribution is 0.292. The van der Waals surface area contributed by atoms with Gasteiger partial charge in [-0.1, -0.05) is 20.3 Å². The van der Waals surface area contributed by atoms with Crippen LogP contribution in [-0.4, -0.2) is 27.1 Å². The summed E-state index contributed by atoms with van der Waals surface area (Å²) in [7, 11) is 0. The molecule has 0 spiro atoms. The molecular weight excluding hydrogens is 230 g/mol. The van der Waals surface area contributed by atoms with E-state index in [0.717, 1.165) is 19.3 Å². The van der Waals surface area contributed by atoms with Crippen molar-refractivity contribution in [2.75, 3.05) is 17.7 Å². The van der Waals surface area contributed by atoms with Crippen molar-refractivity contribution < 1.29 is 4.74 Å². The molecule has 0 atom stereocenters. The van der Waals surface area contributed by atoms with Crippen LogP contribution in [0.5, 0.6) is 6.01 Å². The van der Waals surface area contributed by atoms with Crippen LogP contribution in [-0.2, 0) is 0 Å². The van der Waals surface area contributed by atoms with E-state index < -0.39 is 0 Å². The molecule has 102 valence electrons. The standard InChI is InChI=1S/C12H23N5O/c1-5-7-12(3,4)17-10-14-9(13)15-11(16-10)18-8-6-2/h5-8H2,1-4H3,(H3,13,14,15,16,17). The second-order valence-electron chi connectivity index (χ2n) is 4.91. The Balaban J connectivity index is 2.79. The number of hydrogen-bond donors (Lipinski definition) is 2. The van der Waals surface area contributed by atoms with Gasteiger partial charge in [0.15, 0.2) is 0 Å². The van der Waals surface area contributed by atoms with E-state index in [1.807, 2.05) is 6.92 Å². The molecule has 0 unspecified atom stereocenters. The summed E-state index contributed by atoms with van der Waals surface area (Å²) in [6.45, 7) is 8.93. The number of ether oxygens (including phenoxy) is 1. The highest BCUT2D eigenvalue weighted by Crippen LogP contribution is 2.18. The van der Waals surface area contributed by atoms with Gasteiger partial charge in [-0.15, -0.1) is 0 Å². The Labute approximate surface area is 108 Å². The maximum atomic E-state index is 5.64. The summed E-state index contributed by atoms with van der Waals surface area (Å²) < 4.78 is 5.37. The third-order valence-corrected chi connectivity index (χ3v) is 2.39. The predicted octanol–water partition coefficient (Wildman–Crippen LogP) is 2.23. The van der Waals surface area contributed by atoms with E-state index in [-0.39, 0.29) is 17.5 Å². The van der Waals surface area contributed by atoms with Gasteiger partial charge in [0.1, 0.15) is 0 Å². The lowest BCUT2D eigenvalue weighted by Crippen LogP contribution is -2.31. The van der Waals surface area contributed by atoms with Crippen LogP contribution in [0.2, 0.25) is 0 Å². The second kappa shape index (κ2) is 6.37. The number of rotatable bonds is 7. The number of nitrogens with two attached hydrogens (primary N) is 1. The summed E-state index contributed by atoms with van der Waals surface area (Å²) in [5.41, 5.74) is 5.56. The van der Waals surface area contributed by atoms with Gasteiger partial charge < -0.3 is 15.8 Å². The van der Waals surface area contributed by atoms with E-state index >= 15 is 0 Å². The average molecular weight is 253 g/mol. The smallest absolute Gasteiger partial charge is 0.323 e. The predicted molar refractivity (Wildman–Crippen MR) is 72.6 cm³/mol. The van der Waals surface area contributed by atoms with Crippen LogP contribution in [0.15, 0.2) is 0 Å². The molecule has 1 aromatic rings. The van der Waals surface area contributed by atoms with Crippen molar-refractivity contribution in [1.82, 2.24) is 15.0 Å². The van der Waals surface area contributed by atoms with Gasteiger partial charge in [0, 0.05) is 5.54 Å². The number of nitrogens with zero attached hydrogens (tertiary/aromatic N) is 3. The highest BCUT2D eigenvalue weighted by molar-refractivity contribution is 5.34. The van der Waals surface area contributed by atoms with E-state index in [2.05, 4.69) is 41.0 Å². The lowest BCUT2D eigenvalue weighted by Gasteiger charge is -2.25. The first-order valence-corrected chi connectivity index (χ1v) is 6.39. The monoisotopic (exact) mass is 253 g/mol. The molecule has 0 aliphatic rings. The SMILES string of the molecule is CCCOc1nc(N)nc(NC(C)(C)CCC)n1. The van der Waals surface area contributed by atoms with E-state index in [9.17, 15) is 0 Å². The third kappa shape index (κ3) is 4.73. The number of nitrogen functional groups attached to an aromatic ring is 1. The number of hydrogen-bond acceptors (Lipinski definition) is 6. The average Bonchev–Trinajstić information content (AvgIpc) is 2.24. The highest BCUT2D eigenvalue weighted by atomic mass is 16.5. The van der Waals surface area contributed by atoms with Gasteiger partial charge in [0.25, 0.3) is 0 Å². The highest BCUT2D eigenvalue weighted by Gasteiger charge is 2.18. The zero-order valence-corrected chi connectivity index (χ0v) is 11.7. The Bertz CT molecular complexity index is 381. The number of anilines is 2. The zero-order chi connectivity index (χ0) is 13.6. The minimum absolute atomic E-state index is 0.0788. The van der Waals surface area contributed by atoms with Crippen molar-refractivity contribution in [2.24, 2.45) is 0 Å². The topological polar surface area (TPSA) is 86.0 Å². The van der Waals surface area contributed by atoms with Gasteiger partial charge in [-0.2, -0.15) is 15.0 Å². The minimum Gasteiger partial charge on any atom is -0.463 e. The van der Waals surface area contributed by atoms with Crippen molar-refractivity contribution >= 4 is 11.9 Å². The molecule has 0 aliphatic heterocycles. The Kier molecular flexibility index (Phi) is 5.12. The normalized spacial score (nSPS) is 11.3. The Morgan fingerprint density at radius 2 is 1.89 bits per heavy atom. The Hall–Kier alpha value is -1.59. The fraction of sp³-hybridized carbons (Fsp3) is 0.750. The van der Waals surface area contributed by atoms with Crippen molar-refractivity contribution in [3.05, 3.63) is 0 Å². The molecule has 1 heterocycles. The van der Waals surface area contributed by atoms with Crippen LogP contribution < -0.4 is 15.8 Å². The van der Waals surface area contributed by atoms with E-state index in [0.29, 0.717) is 12.6 Å². The van der Waals surface area contributed by atoms with Crippen LogP contribution in [0.25, 0.3) is 0 Å². The Morgan fingerprint density at radius 3 is 2.50 bits per heavy atom. The summed E-state index contributed by atoms with van der Waals surface area (Å²) >= 11 is 0. The summed E-state index contributed by atoms with van der Waals surface area (Å²) in [6, 6.07) is 0.277. The molecule has 6 heteroatoms. The molecular formula is C12H23N5O. The molecule has 1 aromatic heterocycles. The van der Waals surface area contributed by atoms with E-state index in [1.54, 1.807) is 0 Å². The largest absolute Gasteiger partial charge is 0.463 e. The maximum absolute atomic E-state index is 5.64. The fourth-order valence-electron chi connectivity index (χ4n) is 1.68. The van der Waals surface area contributed by atoms with Crippen molar-refractivity contribution in [1.29, 1.82) is 0 Å². The molecule has 6 nitrogen and oxygen atoms in total. The molecule has 0 aromatic carbocycles. The number of nitrogens with one attached hydrogen (secondary N) is 1. The van der Waals surface area contributed by atoms with Crippen molar-refractivity contribution in [3.63, 3.8) is 0 Å². The molecule has 0 fully saturated rings. The van der Waals surface area contributed by atoms with E-state index in [1.165, 1.54) is 0 Å². The quantitative estimate of drug-likeness (QED) is 0.775. The molecule has 1 rings (SSSR count). The first-order chi connectivity index (χ1) is 8.46. The van der Waals surface area contributed by atoms with Crippen molar-refractivity contribution in [3.8, 4) is 6.01 Å². The van der Waals surface area contributed by atoms with Crippen LogP contribution in [0.4, 0.5) is 11.9 Å². The molecule has 0 saturated heterocycles. The molecule has 18 heavy (non-hydrogen) atoms. The Morgan fingerprint density at radius 1 is 1.17 bits per heavy atom. The van der Waals surface area contributed by atoms with Gasteiger partial charge in [0.2, 0.25) is 11.9 Å². The first kappa shape index (κ1) is 14.5. The van der Waals surface area contributed by atoms with Crippen LogP contribution in [0.1, 0.15) is 47.0 Å². The van der Waals surface area contributed by atoms with Crippen LogP contribution in [0.3, 0.4) is 0 Å². The summed E-state index contributed by atoms with van der Waals surface area (Å²) in [5.74, 6) is 0.637. The third-order valence-electron chi connectivity index (χ3n) is 2.39. The van der Waals surface area contributed by atoms with Gasteiger partial charge >= 0.3 is 6.01 Å². The van der Waals surface area contributed by atoms with Crippen molar-refractivity contribution in [2.45, 2.75) is 52.5 Å². The molecule has 0 saturated carbocycles. The maximum Gasteiger partial charge on any atom is 0.323 e. The molecule has 0 aliphatic carbocycles. The van der Waals surface area contributed by atoms with Gasteiger partial charge in [-0.3, -0.25) is 0 Å². The van der Waals surface area contributed by atoms with E-state index in [4.69, 9.17) is 10.5 Å². The van der Waals surface area contributed by atoms with Crippen LogP contribution >= 0.6 is 0 Å². The second-order valence-corrected chi connectivity index (χ2v) is 4.91. The molecule has 0 radical (unpaired) electrons. The molecule has 0 amide bonds. The fourth-order valence-corrected chi connectivity index (χ4v) is 1.68. The summed E-state index contributed by atoms with van der Waals surface area (Å²) in [6.07, 6.45) is 3.00. The summed E-state index contributed by atoms with van der Waals surface area (Å²) in [4.78, 5) is 12.2. The first-order valence-electron chi connectivity index (χ1n) is 6.39. The zero-order valence-electron chi connectivity index (χ0n) is 11.7. The van der Waals surface area contributed by atoms with Gasteiger partial charge in [-0.05, 0) is 26.7 Å². The number of aromatic nitrogens is 3. The molecule has 3 N–H and O–H groups in total. The van der Waals surface area contributed by atoms with Gasteiger partial charge in [0.05, 0.1) is 6.61 Å². The van der Waals surface area contributed by atoms with Gasteiger partial charge in [-0.25, -0.2) is 0 Å². The lowest BCUT2D eigenvalue weighted by atomic mass is 9.99. The summed E-state index contributed by atoms with van der Waals surface area (Å²) in [5, 5.41) is 3.25. The minimum atomic E-state index is -0.0788. The molecule has 0 bridgehead atoms. The van der Waals surface area contributed by atoms with Crippen LogP contribution in [0, 0.1) is 0 Å².